The fourth-order valence-electron chi connectivity index (χ4n) is 5.20. The van der Waals surface area contributed by atoms with E-state index in [1.54, 1.807) is 44.2 Å². The van der Waals surface area contributed by atoms with Gasteiger partial charge in [-0.15, -0.1) is 0 Å². The van der Waals surface area contributed by atoms with Crippen molar-refractivity contribution < 1.29 is 14.7 Å². The maximum Gasteiger partial charge on any atom is 0.312 e. The van der Waals surface area contributed by atoms with Crippen LogP contribution in [0.5, 0.6) is 0 Å². The van der Waals surface area contributed by atoms with Gasteiger partial charge < -0.3 is 14.9 Å². The number of H-pyrrole nitrogens is 1. The van der Waals surface area contributed by atoms with E-state index >= 15 is 0 Å². The fraction of sp³-hybridized carbons (Fsp3) is 0.281. The summed E-state index contributed by atoms with van der Waals surface area (Å²) in [6, 6.07) is 25.1. The smallest absolute Gasteiger partial charge is 0.312 e. The van der Waals surface area contributed by atoms with Crippen molar-refractivity contribution >= 4 is 41.6 Å². The van der Waals surface area contributed by atoms with Crippen LogP contribution in [0.3, 0.4) is 0 Å². The average molecular weight is 541 g/mol. The van der Waals surface area contributed by atoms with Gasteiger partial charge in [0, 0.05) is 5.92 Å². The molecule has 3 aromatic carbocycles. The molecule has 39 heavy (non-hydrogen) atoms. The number of carbonyl (C=O) groups is 1. The minimum Gasteiger partial charge on any atom is -0.481 e. The van der Waals surface area contributed by atoms with Crippen molar-refractivity contribution in [1.29, 1.82) is 0 Å². The van der Waals surface area contributed by atoms with Gasteiger partial charge in [-0.3, -0.25) is 9.59 Å². The highest BCUT2D eigenvalue weighted by atomic mass is 28.4. The highest BCUT2D eigenvalue weighted by Gasteiger charge is 2.50. The monoisotopic (exact) mass is 540 g/mol. The third-order valence-corrected chi connectivity index (χ3v) is 12.1. The van der Waals surface area contributed by atoms with Crippen molar-refractivity contribution in [1.82, 2.24) is 9.97 Å². The summed E-state index contributed by atoms with van der Waals surface area (Å²) in [5.74, 6) is -0.499. The van der Waals surface area contributed by atoms with Crippen molar-refractivity contribution in [2.24, 2.45) is 5.41 Å². The molecule has 202 valence electrons. The van der Waals surface area contributed by atoms with Crippen molar-refractivity contribution in [3.63, 3.8) is 0 Å². The van der Waals surface area contributed by atoms with E-state index in [1.165, 1.54) is 0 Å². The lowest BCUT2D eigenvalue weighted by Gasteiger charge is -2.42. The van der Waals surface area contributed by atoms with Crippen LogP contribution < -0.4 is 15.9 Å². The van der Waals surface area contributed by atoms with E-state index in [2.05, 4.69) is 18.8 Å². The zero-order valence-electron chi connectivity index (χ0n) is 23.1. The maximum atomic E-state index is 13.0. The van der Waals surface area contributed by atoms with Gasteiger partial charge in [-0.1, -0.05) is 99.7 Å². The first kappa shape index (κ1) is 28.2. The van der Waals surface area contributed by atoms with Gasteiger partial charge >= 0.3 is 5.97 Å². The molecule has 0 aliphatic rings. The third kappa shape index (κ3) is 5.65. The first-order valence-corrected chi connectivity index (χ1v) is 15.1. The van der Waals surface area contributed by atoms with Crippen LogP contribution >= 0.6 is 0 Å². The van der Waals surface area contributed by atoms with Crippen LogP contribution in [0.2, 0.25) is 5.04 Å². The molecule has 0 saturated heterocycles. The standard InChI is InChI=1S/C32H36N2O4Si/c1-22(21-32(4,5)39(38,24-12-8-6-9-13-24)25-14-10-7-11-15-25)28-33-27-20-23(16-17-26(27)29(35)34-28)18-19-31(2,3)30(36)37/h6-20,22,38H,21H2,1-5H3,(H,36,37)(H,33,34,35)/b19-18+/t22-/m0/s1. The molecule has 0 aliphatic heterocycles. The fourth-order valence-corrected chi connectivity index (χ4v) is 9.05. The predicted molar refractivity (Wildman–Crippen MR) is 160 cm³/mol. The molecular formula is C32H36N2O4Si. The minimum atomic E-state index is -3.22. The Kier molecular flexibility index (Phi) is 7.77. The number of aliphatic carboxylic acids is 1. The van der Waals surface area contributed by atoms with Gasteiger partial charge in [0.1, 0.15) is 5.82 Å². The lowest BCUT2D eigenvalue weighted by molar-refractivity contribution is -0.144. The number of aromatic nitrogens is 2. The Bertz CT molecular complexity index is 1520. The van der Waals surface area contributed by atoms with Crippen molar-refractivity contribution in [2.75, 3.05) is 0 Å². The molecule has 0 unspecified atom stereocenters. The number of carboxylic acid groups (broad SMARTS) is 1. The Morgan fingerprint density at radius 1 is 0.974 bits per heavy atom. The first-order chi connectivity index (χ1) is 18.3. The summed E-state index contributed by atoms with van der Waals surface area (Å²) in [4.78, 5) is 44.7. The van der Waals surface area contributed by atoms with Gasteiger partial charge in [0.2, 0.25) is 0 Å². The average Bonchev–Trinajstić information content (AvgIpc) is 2.91. The zero-order chi connectivity index (χ0) is 28.4. The molecule has 0 aliphatic carbocycles. The van der Waals surface area contributed by atoms with E-state index in [1.807, 2.05) is 67.6 Å². The summed E-state index contributed by atoms with van der Waals surface area (Å²) in [7, 11) is -3.22. The molecule has 4 rings (SSSR count). The van der Waals surface area contributed by atoms with Gasteiger partial charge in [-0.2, -0.15) is 0 Å². The number of hydrogen-bond donors (Lipinski definition) is 3. The predicted octanol–water partition coefficient (Wildman–Crippen LogP) is 5.07. The van der Waals surface area contributed by atoms with Crippen molar-refractivity contribution in [3.05, 3.63) is 107 Å². The number of benzene rings is 3. The Balaban J connectivity index is 1.71. The van der Waals surface area contributed by atoms with Crippen LogP contribution in [-0.2, 0) is 4.79 Å². The van der Waals surface area contributed by atoms with Gasteiger partial charge in [0.15, 0.2) is 0 Å². The van der Waals surface area contributed by atoms with Crippen molar-refractivity contribution in [2.45, 2.75) is 52.0 Å². The SMILES string of the molecule is C[C@@H](CC(C)(C)[Si](O)(c1ccccc1)c1ccccc1)c1nc2cc(/C=C/C(C)(C)C(=O)O)ccc2c(=O)[nH]1. The second-order valence-corrected chi connectivity index (χ2v) is 15.4. The zero-order valence-corrected chi connectivity index (χ0v) is 24.1. The molecule has 4 aromatic rings. The van der Waals surface area contributed by atoms with Crippen LogP contribution in [0.25, 0.3) is 17.0 Å². The van der Waals surface area contributed by atoms with E-state index < -0.39 is 24.7 Å². The van der Waals surface area contributed by atoms with Gasteiger partial charge in [0.25, 0.3) is 13.9 Å². The number of rotatable bonds is 9. The van der Waals surface area contributed by atoms with Crippen LogP contribution in [0, 0.1) is 5.41 Å². The maximum absolute atomic E-state index is 13.0. The molecule has 0 spiro atoms. The summed E-state index contributed by atoms with van der Waals surface area (Å²) < 4.78 is 0. The summed E-state index contributed by atoms with van der Waals surface area (Å²) in [6.07, 6.45) is 3.97. The van der Waals surface area contributed by atoms with E-state index in [-0.39, 0.29) is 11.5 Å². The van der Waals surface area contributed by atoms with E-state index in [0.29, 0.717) is 23.1 Å². The number of nitrogens with zero attached hydrogens (tertiary/aromatic N) is 1. The topological polar surface area (TPSA) is 103 Å². The molecule has 6 nitrogen and oxygen atoms in total. The van der Waals surface area contributed by atoms with Crippen molar-refractivity contribution in [3.8, 4) is 0 Å². The molecule has 0 fully saturated rings. The lowest BCUT2D eigenvalue weighted by atomic mass is 9.92. The van der Waals surface area contributed by atoms with Gasteiger partial charge in [-0.25, -0.2) is 4.98 Å². The summed E-state index contributed by atoms with van der Waals surface area (Å²) in [6.45, 7) is 9.49. The first-order valence-electron chi connectivity index (χ1n) is 13.2. The highest BCUT2D eigenvalue weighted by Crippen LogP contribution is 2.43. The molecule has 0 saturated carbocycles. The number of fused-ring (bicyclic) bond motifs is 1. The number of nitrogens with one attached hydrogen (secondary N) is 1. The molecule has 1 heterocycles. The van der Waals surface area contributed by atoms with Crippen LogP contribution in [0.15, 0.2) is 89.7 Å². The molecule has 3 N–H and O–H groups in total. The molecule has 1 aromatic heterocycles. The molecule has 1 atom stereocenters. The van der Waals surface area contributed by atoms with Gasteiger partial charge in [-0.05, 0) is 53.4 Å². The highest BCUT2D eigenvalue weighted by molar-refractivity contribution is 6.98. The Hall–Kier alpha value is -3.81. The number of aromatic amines is 1. The van der Waals surface area contributed by atoms with Crippen LogP contribution in [0.4, 0.5) is 0 Å². The van der Waals surface area contributed by atoms with E-state index in [0.717, 1.165) is 15.9 Å². The van der Waals surface area contributed by atoms with E-state index in [4.69, 9.17) is 4.98 Å². The quantitative estimate of drug-likeness (QED) is 0.257. The summed E-state index contributed by atoms with van der Waals surface area (Å²) >= 11 is 0. The van der Waals surface area contributed by atoms with E-state index in [9.17, 15) is 19.5 Å². The largest absolute Gasteiger partial charge is 0.481 e. The van der Waals surface area contributed by atoms with Crippen LogP contribution in [0.1, 0.15) is 58.3 Å². The molecule has 7 heteroatoms. The molecule has 0 radical (unpaired) electrons. The Morgan fingerprint density at radius 2 is 1.54 bits per heavy atom. The Labute approximate surface area is 230 Å². The second kappa shape index (κ2) is 10.7. The lowest BCUT2D eigenvalue weighted by Crippen LogP contribution is -2.65. The number of carboxylic acids is 1. The Morgan fingerprint density at radius 3 is 2.08 bits per heavy atom. The van der Waals surface area contributed by atoms with Gasteiger partial charge in [0.05, 0.1) is 16.3 Å². The second-order valence-electron chi connectivity index (χ2n) is 11.5. The normalized spacial score (nSPS) is 13.6. The third-order valence-electron chi connectivity index (χ3n) is 7.64. The molecule has 0 amide bonds. The minimum absolute atomic E-state index is 0.145. The molecular weight excluding hydrogens is 504 g/mol. The molecule has 0 bridgehead atoms. The summed E-state index contributed by atoms with van der Waals surface area (Å²) in [5, 5.41) is 11.2. The van der Waals surface area contributed by atoms with Crippen LogP contribution in [-0.4, -0.2) is 34.2 Å². The summed E-state index contributed by atoms with van der Waals surface area (Å²) in [5.41, 5.74) is 0.0794. The number of hydrogen-bond acceptors (Lipinski definition) is 4.